The van der Waals surface area contributed by atoms with Crippen LogP contribution in [0.4, 0.5) is 11.4 Å². The minimum atomic E-state index is -1.08. The normalized spacial score (nSPS) is 11.7. The van der Waals surface area contributed by atoms with Crippen LogP contribution in [0.2, 0.25) is 0 Å². The maximum absolute atomic E-state index is 13.3. The van der Waals surface area contributed by atoms with E-state index in [4.69, 9.17) is 5.11 Å². The molecule has 4 rings (SSSR count). The van der Waals surface area contributed by atoms with E-state index in [2.05, 4.69) is 20.9 Å². The number of anilines is 2. The minimum Gasteiger partial charge on any atom is -0.478 e. The summed E-state index contributed by atoms with van der Waals surface area (Å²) in [4.78, 5) is 54.8. The molecule has 10 heteroatoms. The van der Waals surface area contributed by atoms with Crippen LogP contribution in [0.15, 0.2) is 114 Å². The second-order valence-electron chi connectivity index (χ2n) is 8.78. The molecule has 0 aliphatic carbocycles. The Kier molecular flexibility index (Phi) is 9.63. The summed E-state index contributed by atoms with van der Waals surface area (Å²) in [6.07, 6.45) is 4.72. The summed E-state index contributed by atoms with van der Waals surface area (Å²) in [6, 6.07) is 25.0. The van der Waals surface area contributed by atoms with Gasteiger partial charge in [-0.25, -0.2) is 4.79 Å². The first-order valence-corrected chi connectivity index (χ1v) is 13.4. The number of aromatic nitrogens is 1. The van der Waals surface area contributed by atoms with Crippen LogP contribution in [-0.2, 0) is 9.59 Å². The van der Waals surface area contributed by atoms with Crippen LogP contribution in [0.25, 0.3) is 6.08 Å². The van der Waals surface area contributed by atoms with Crippen LogP contribution in [0, 0.1) is 0 Å². The van der Waals surface area contributed by atoms with Gasteiger partial charge in [-0.05, 0) is 73.2 Å². The summed E-state index contributed by atoms with van der Waals surface area (Å²) in [7, 11) is 0. The number of amides is 3. The van der Waals surface area contributed by atoms with Gasteiger partial charge in [0.25, 0.3) is 11.8 Å². The Balaban J connectivity index is 1.45. The predicted octanol–water partition coefficient (Wildman–Crippen LogP) is 5.31. The molecular formula is C31H26N4O5S. The van der Waals surface area contributed by atoms with Crippen LogP contribution in [-0.4, -0.2) is 39.0 Å². The lowest BCUT2D eigenvalue weighted by Crippen LogP contribution is -2.30. The van der Waals surface area contributed by atoms with Gasteiger partial charge < -0.3 is 21.1 Å². The van der Waals surface area contributed by atoms with E-state index in [0.29, 0.717) is 22.5 Å². The molecule has 4 aromatic rings. The van der Waals surface area contributed by atoms with Crippen LogP contribution in [0.5, 0.6) is 0 Å². The molecule has 9 nitrogen and oxygen atoms in total. The van der Waals surface area contributed by atoms with Crippen LogP contribution in [0.1, 0.15) is 33.2 Å². The molecule has 41 heavy (non-hydrogen) atoms. The lowest BCUT2D eigenvalue weighted by atomic mass is 10.2. The van der Waals surface area contributed by atoms with E-state index >= 15 is 0 Å². The van der Waals surface area contributed by atoms with Crippen molar-refractivity contribution in [3.05, 3.63) is 126 Å². The zero-order valence-electron chi connectivity index (χ0n) is 21.9. The van der Waals surface area contributed by atoms with Crippen molar-refractivity contribution < 1.29 is 24.3 Å². The molecule has 0 radical (unpaired) electrons. The third-order valence-corrected chi connectivity index (χ3v) is 6.77. The topological polar surface area (TPSA) is 137 Å². The van der Waals surface area contributed by atoms with E-state index in [0.717, 1.165) is 4.90 Å². The van der Waals surface area contributed by atoms with E-state index in [1.807, 2.05) is 0 Å². The van der Waals surface area contributed by atoms with Gasteiger partial charge in [0.15, 0.2) is 0 Å². The van der Waals surface area contributed by atoms with Gasteiger partial charge in [0.1, 0.15) is 5.70 Å². The maximum atomic E-state index is 13.3. The summed E-state index contributed by atoms with van der Waals surface area (Å²) < 4.78 is 0. The third-order valence-electron chi connectivity index (χ3n) is 5.68. The molecule has 0 aliphatic heterocycles. The summed E-state index contributed by atoms with van der Waals surface area (Å²) >= 11 is 1.27. The number of nitrogens with one attached hydrogen (secondary N) is 3. The third kappa shape index (κ3) is 8.38. The number of carboxylic acid groups (broad SMARTS) is 1. The molecule has 0 aliphatic rings. The molecule has 0 saturated carbocycles. The van der Waals surface area contributed by atoms with E-state index in [1.54, 1.807) is 98.2 Å². The smallest absolute Gasteiger partial charge is 0.335 e. The fraction of sp³-hybridized carbons (Fsp3) is 0.0645. The zero-order chi connectivity index (χ0) is 29.2. The highest BCUT2D eigenvalue weighted by Crippen LogP contribution is 2.27. The molecular weight excluding hydrogens is 540 g/mol. The molecule has 0 saturated heterocycles. The van der Waals surface area contributed by atoms with Crippen LogP contribution in [0.3, 0.4) is 0 Å². The number of carboxylic acids is 1. The number of pyridine rings is 1. The average molecular weight is 567 g/mol. The number of aromatic carboxylic acids is 1. The van der Waals surface area contributed by atoms with Gasteiger partial charge in [-0.3, -0.25) is 19.4 Å². The van der Waals surface area contributed by atoms with Gasteiger partial charge in [-0.2, -0.15) is 0 Å². The summed E-state index contributed by atoms with van der Waals surface area (Å²) in [5, 5.41) is 16.9. The second-order valence-corrected chi connectivity index (χ2v) is 10.2. The van der Waals surface area contributed by atoms with E-state index < -0.39 is 23.0 Å². The summed E-state index contributed by atoms with van der Waals surface area (Å²) in [5.41, 5.74) is 1.98. The van der Waals surface area contributed by atoms with Crippen molar-refractivity contribution in [2.24, 2.45) is 0 Å². The van der Waals surface area contributed by atoms with Gasteiger partial charge in [-0.15, -0.1) is 11.8 Å². The van der Waals surface area contributed by atoms with Gasteiger partial charge in [-0.1, -0.05) is 36.4 Å². The van der Waals surface area contributed by atoms with Crippen molar-refractivity contribution in [2.45, 2.75) is 17.1 Å². The van der Waals surface area contributed by atoms with Gasteiger partial charge in [0.2, 0.25) is 5.91 Å². The van der Waals surface area contributed by atoms with Crippen LogP contribution >= 0.6 is 11.8 Å². The van der Waals surface area contributed by atoms with Gasteiger partial charge >= 0.3 is 5.97 Å². The number of carbonyl (C=O) groups is 4. The molecule has 3 amide bonds. The monoisotopic (exact) mass is 566 g/mol. The van der Waals surface area contributed by atoms with Gasteiger partial charge in [0.05, 0.1) is 10.8 Å². The van der Waals surface area contributed by atoms with Crippen LogP contribution < -0.4 is 16.0 Å². The van der Waals surface area contributed by atoms with Crippen molar-refractivity contribution in [3.8, 4) is 0 Å². The zero-order valence-corrected chi connectivity index (χ0v) is 22.7. The van der Waals surface area contributed by atoms with E-state index in [1.165, 1.54) is 30.0 Å². The SMILES string of the molecule is CC(Sc1cccc(NC(=O)/C(=C/c2cccnc2)NC(=O)c2ccccc2)c1)C(=O)Nc1cccc(C(=O)O)c1. The molecule has 1 aromatic heterocycles. The van der Waals surface area contributed by atoms with Crippen molar-refractivity contribution >= 4 is 52.9 Å². The number of nitrogens with zero attached hydrogens (tertiary/aromatic N) is 1. The molecule has 4 N–H and O–H groups in total. The Morgan fingerprint density at radius 2 is 1.54 bits per heavy atom. The van der Waals surface area contributed by atoms with Crippen molar-refractivity contribution in [2.75, 3.05) is 10.6 Å². The summed E-state index contributed by atoms with van der Waals surface area (Å²) in [5.74, 6) is -2.36. The first kappa shape index (κ1) is 28.8. The Bertz CT molecular complexity index is 1590. The van der Waals surface area contributed by atoms with Crippen molar-refractivity contribution in [1.29, 1.82) is 0 Å². The molecule has 206 valence electrons. The summed E-state index contributed by atoms with van der Waals surface area (Å²) in [6.45, 7) is 1.72. The Morgan fingerprint density at radius 1 is 0.829 bits per heavy atom. The first-order chi connectivity index (χ1) is 19.8. The number of rotatable bonds is 10. The number of hydrogen-bond acceptors (Lipinski definition) is 6. The number of thioether (sulfide) groups is 1. The fourth-order valence-corrected chi connectivity index (χ4v) is 4.57. The molecule has 1 atom stereocenters. The van der Waals surface area contributed by atoms with Crippen molar-refractivity contribution in [1.82, 2.24) is 10.3 Å². The highest BCUT2D eigenvalue weighted by Gasteiger charge is 2.18. The van der Waals surface area contributed by atoms with Gasteiger partial charge in [0, 0.05) is 34.2 Å². The minimum absolute atomic E-state index is 0.0289. The molecule has 1 unspecified atom stereocenters. The quantitative estimate of drug-likeness (QED) is 0.151. The largest absolute Gasteiger partial charge is 0.478 e. The standard InChI is InChI=1S/C31H26N4O5S/c1-20(28(36)33-24-12-5-11-23(17-24)31(39)40)41-26-14-6-13-25(18-26)34-30(38)27(16-21-8-7-15-32-19-21)35-29(37)22-9-3-2-4-10-22/h2-20H,1H3,(H,33,36)(H,34,38)(H,35,37)(H,39,40)/b27-16-. The Hall–Kier alpha value is -5.22. The highest BCUT2D eigenvalue weighted by atomic mass is 32.2. The average Bonchev–Trinajstić information content (AvgIpc) is 2.98. The molecule has 0 spiro atoms. The fourth-order valence-electron chi connectivity index (χ4n) is 3.65. The molecule has 0 fully saturated rings. The van der Waals surface area contributed by atoms with Crippen molar-refractivity contribution in [3.63, 3.8) is 0 Å². The molecule has 1 heterocycles. The lowest BCUT2D eigenvalue weighted by molar-refractivity contribution is -0.115. The first-order valence-electron chi connectivity index (χ1n) is 12.5. The Morgan fingerprint density at radius 3 is 2.24 bits per heavy atom. The number of benzene rings is 3. The second kappa shape index (κ2) is 13.7. The van der Waals surface area contributed by atoms with E-state index in [9.17, 15) is 19.2 Å². The number of hydrogen-bond donors (Lipinski definition) is 4. The molecule has 0 bridgehead atoms. The Labute approximate surface area is 240 Å². The maximum Gasteiger partial charge on any atom is 0.335 e. The predicted molar refractivity (Wildman–Crippen MR) is 159 cm³/mol. The number of carbonyl (C=O) groups excluding carboxylic acids is 3. The lowest BCUT2D eigenvalue weighted by Gasteiger charge is -2.14. The van der Waals surface area contributed by atoms with E-state index in [-0.39, 0.29) is 17.2 Å². The highest BCUT2D eigenvalue weighted by molar-refractivity contribution is 8.00. The molecule has 3 aromatic carbocycles.